The first-order valence-electron chi connectivity index (χ1n) is 8.75. The van der Waals surface area contributed by atoms with Gasteiger partial charge in [0, 0.05) is 32.1 Å². The van der Waals surface area contributed by atoms with E-state index in [1.807, 2.05) is 12.1 Å². The van der Waals surface area contributed by atoms with E-state index in [-0.39, 0.29) is 30.1 Å². The third-order valence-electron chi connectivity index (χ3n) is 4.50. The number of halogens is 1. The second-order valence-electron chi connectivity index (χ2n) is 6.22. The van der Waals surface area contributed by atoms with E-state index in [1.165, 1.54) is 19.4 Å². The number of furan rings is 1. The molecule has 136 valence electrons. The zero-order chi connectivity index (χ0) is 15.9. The number of guanidine groups is 1. The van der Waals surface area contributed by atoms with Gasteiger partial charge in [-0.25, -0.2) is 0 Å². The maximum absolute atomic E-state index is 5.96. The van der Waals surface area contributed by atoms with Crippen LogP contribution in [0.2, 0.25) is 0 Å². The van der Waals surface area contributed by atoms with Crippen molar-refractivity contribution in [1.82, 2.24) is 15.5 Å². The number of hydrogen-bond acceptors (Lipinski definition) is 4. The topological polar surface area (TPSA) is 62.0 Å². The molecule has 6 nitrogen and oxygen atoms in total. The SMILES string of the molecule is CCNC(=NCC1CN2CCCC2CO1)NCCc1ccco1.I. The van der Waals surface area contributed by atoms with Crippen molar-refractivity contribution in [2.24, 2.45) is 4.99 Å². The summed E-state index contributed by atoms with van der Waals surface area (Å²) in [6.45, 7) is 7.54. The monoisotopic (exact) mass is 448 g/mol. The summed E-state index contributed by atoms with van der Waals surface area (Å²) in [6.07, 6.45) is 5.37. The second-order valence-corrected chi connectivity index (χ2v) is 6.22. The minimum Gasteiger partial charge on any atom is -0.469 e. The summed E-state index contributed by atoms with van der Waals surface area (Å²) in [4.78, 5) is 7.24. The van der Waals surface area contributed by atoms with Gasteiger partial charge in [0.25, 0.3) is 0 Å². The first kappa shape index (κ1) is 19.5. The summed E-state index contributed by atoms with van der Waals surface area (Å²) in [5, 5.41) is 6.64. The van der Waals surface area contributed by atoms with Crippen molar-refractivity contribution in [3.63, 3.8) is 0 Å². The fourth-order valence-electron chi connectivity index (χ4n) is 3.29. The van der Waals surface area contributed by atoms with Crippen molar-refractivity contribution in [2.45, 2.75) is 38.3 Å². The number of morpholine rings is 1. The lowest BCUT2D eigenvalue weighted by molar-refractivity contribution is -0.0432. The molecule has 2 aliphatic rings. The van der Waals surface area contributed by atoms with Crippen molar-refractivity contribution in [3.05, 3.63) is 24.2 Å². The van der Waals surface area contributed by atoms with Crippen LogP contribution in [0.25, 0.3) is 0 Å². The van der Waals surface area contributed by atoms with Gasteiger partial charge in [-0.1, -0.05) is 0 Å². The molecule has 24 heavy (non-hydrogen) atoms. The molecule has 0 spiro atoms. The molecule has 7 heteroatoms. The van der Waals surface area contributed by atoms with E-state index in [9.17, 15) is 0 Å². The molecular weight excluding hydrogens is 419 g/mol. The molecule has 2 aliphatic heterocycles. The van der Waals surface area contributed by atoms with Crippen molar-refractivity contribution in [2.75, 3.05) is 39.3 Å². The molecule has 2 fully saturated rings. The zero-order valence-corrected chi connectivity index (χ0v) is 16.7. The number of aliphatic imine (C=N–C) groups is 1. The summed E-state index contributed by atoms with van der Waals surface area (Å²) in [7, 11) is 0. The van der Waals surface area contributed by atoms with Crippen LogP contribution in [-0.4, -0.2) is 62.3 Å². The normalized spacial score (nSPS) is 24.3. The summed E-state index contributed by atoms with van der Waals surface area (Å²) in [6, 6.07) is 4.56. The van der Waals surface area contributed by atoms with Crippen LogP contribution in [0.15, 0.2) is 27.8 Å². The minimum atomic E-state index is 0. The van der Waals surface area contributed by atoms with Crippen molar-refractivity contribution >= 4 is 29.9 Å². The van der Waals surface area contributed by atoms with Gasteiger partial charge in [0.2, 0.25) is 0 Å². The maximum Gasteiger partial charge on any atom is 0.191 e. The van der Waals surface area contributed by atoms with Gasteiger partial charge in [-0.15, -0.1) is 24.0 Å². The average molecular weight is 448 g/mol. The van der Waals surface area contributed by atoms with Crippen LogP contribution in [0.3, 0.4) is 0 Å². The van der Waals surface area contributed by atoms with E-state index in [0.29, 0.717) is 12.6 Å². The largest absolute Gasteiger partial charge is 0.469 e. The Morgan fingerprint density at radius 2 is 2.33 bits per heavy atom. The van der Waals surface area contributed by atoms with Crippen LogP contribution in [0.4, 0.5) is 0 Å². The summed E-state index contributed by atoms with van der Waals surface area (Å²) < 4.78 is 11.3. The average Bonchev–Trinajstić information content (AvgIpc) is 3.23. The van der Waals surface area contributed by atoms with Gasteiger partial charge < -0.3 is 19.8 Å². The van der Waals surface area contributed by atoms with Gasteiger partial charge in [0.1, 0.15) is 5.76 Å². The predicted octanol–water partition coefficient (Wildman–Crippen LogP) is 1.86. The summed E-state index contributed by atoms with van der Waals surface area (Å²) >= 11 is 0. The zero-order valence-electron chi connectivity index (χ0n) is 14.4. The van der Waals surface area contributed by atoms with Gasteiger partial charge in [-0.05, 0) is 38.4 Å². The number of nitrogens with one attached hydrogen (secondary N) is 2. The van der Waals surface area contributed by atoms with Crippen molar-refractivity contribution < 1.29 is 9.15 Å². The van der Waals surface area contributed by atoms with Crippen LogP contribution >= 0.6 is 24.0 Å². The van der Waals surface area contributed by atoms with Gasteiger partial charge >= 0.3 is 0 Å². The highest BCUT2D eigenvalue weighted by Crippen LogP contribution is 2.22. The number of fused-ring (bicyclic) bond motifs is 1. The van der Waals surface area contributed by atoms with Crippen molar-refractivity contribution in [1.29, 1.82) is 0 Å². The van der Waals surface area contributed by atoms with E-state index in [0.717, 1.165) is 44.4 Å². The molecule has 2 unspecified atom stereocenters. The molecule has 3 rings (SSSR count). The highest BCUT2D eigenvalue weighted by atomic mass is 127. The lowest BCUT2D eigenvalue weighted by Gasteiger charge is -2.34. The minimum absolute atomic E-state index is 0. The molecule has 0 aliphatic carbocycles. The van der Waals surface area contributed by atoms with Gasteiger partial charge in [0.15, 0.2) is 5.96 Å². The third kappa shape index (κ3) is 5.63. The predicted molar refractivity (Wildman–Crippen MR) is 106 cm³/mol. The van der Waals surface area contributed by atoms with E-state index in [2.05, 4.69) is 27.4 Å². The molecule has 1 aromatic rings. The van der Waals surface area contributed by atoms with E-state index in [4.69, 9.17) is 9.15 Å². The van der Waals surface area contributed by atoms with Crippen LogP contribution in [0.1, 0.15) is 25.5 Å². The lowest BCUT2D eigenvalue weighted by atomic mass is 10.2. The Morgan fingerprint density at radius 3 is 3.12 bits per heavy atom. The highest BCUT2D eigenvalue weighted by Gasteiger charge is 2.31. The molecule has 2 N–H and O–H groups in total. The Bertz CT molecular complexity index is 495. The fraction of sp³-hybridized carbons (Fsp3) is 0.706. The van der Waals surface area contributed by atoms with Crippen LogP contribution in [-0.2, 0) is 11.2 Å². The molecule has 0 saturated carbocycles. The molecule has 0 aromatic carbocycles. The van der Waals surface area contributed by atoms with E-state index >= 15 is 0 Å². The molecule has 0 amide bonds. The molecule has 1 aromatic heterocycles. The van der Waals surface area contributed by atoms with Crippen molar-refractivity contribution in [3.8, 4) is 0 Å². The van der Waals surface area contributed by atoms with Gasteiger partial charge in [-0.2, -0.15) is 0 Å². The first-order valence-corrected chi connectivity index (χ1v) is 8.75. The first-order chi connectivity index (χ1) is 11.3. The molecule has 0 bridgehead atoms. The number of rotatable bonds is 6. The van der Waals surface area contributed by atoms with Crippen LogP contribution in [0, 0.1) is 0 Å². The maximum atomic E-state index is 5.96. The van der Waals surface area contributed by atoms with Crippen LogP contribution < -0.4 is 10.6 Å². The van der Waals surface area contributed by atoms with E-state index < -0.39 is 0 Å². The Kier molecular flexibility index (Phi) is 8.34. The Labute approximate surface area is 161 Å². The lowest BCUT2D eigenvalue weighted by Crippen LogP contribution is -2.47. The number of nitrogens with zero attached hydrogens (tertiary/aromatic N) is 2. The molecule has 0 radical (unpaired) electrons. The quantitative estimate of drug-likeness (QED) is 0.395. The number of ether oxygens (including phenoxy) is 1. The van der Waals surface area contributed by atoms with E-state index in [1.54, 1.807) is 6.26 Å². The molecule has 3 heterocycles. The molecule has 2 saturated heterocycles. The molecule has 2 atom stereocenters. The summed E-state index contributed by atoms with van der Waals surface area (Å²) in [5.74, 6) is 1.84. The Hall–Kier alpha value is -0.800. The summed E-state index contributed by atoms with van der Waals surface area (Å²) in [5.41, 5.74) is 0. The third-order valence-corrected chi connectivity index (χ3v) is 4.50. The fourth-order valence-corrected chi connectivity index (χ4v) is 3.29. The van der Waals surface area contributed by atoms with Gasteiger partial charge in [0.05, 0.1) is 25.5 Å². The molecular formula is C17H29IN4O2. The second kappa shape index (κ2) is 10.2. The highest BCUT2D eigenvalue weighted by molar-refractivity contribution is 14.0. The van der Waals surface area contributed by atoms with Gasteiger partial charge in [-0.3, -0.25) is 9.89 Å². The standard InChI is InChI=1S/C17H28N4O2.HI/c1-2-18-17(19-8-7-15-6-4-10-22-15)20-11-16-12-21-9-3-5-14(21)13-23-16;/h4,6,10,14,16H,2-3,5,7-9,11-13H2,1H3,(H2,18,19,20);1H. The van der Waals surface area contributed by atoms with Crippen LogP contribution in [0.5, 0.6) is 0 Å². The number of hydrogen-bond donors (Lipinski definition) is 2. The Morgan fingerprint density at radius 1 is 1.42 bits per heavy atom. The smallest absolute Gasteiger partial charge is 0.191 e. The Balaban J connectivity index is 0.00000208.